The zero-order chi connectivity index (χ0) is 17.1. The SMILES string of the molecule is CCOC(=O)c1sc(NC(=O)c2c(Cl)ccc(Cl)c2Cl)nc1C. The molecule has 122 valence electrons. The van der Waals surface area contributed by atoms with Crippen LogP contribution < -0.4 is 5.32 Å². The fourth-order valence-corrected chi connectivity index (χ4v) is 3.29. The number of aromatic nitrogens is 1. The van der Waals surface area contributed by atoms with E-state index in [0.717, 1.165) is 11.3 Å². The Bertz CT molecular complexity index is 777. The summed E-state index contributed by atoms with van der Waals surface area (Å²) in [4.78, 5) is 28.6. The lowest BCUT2D eigenvalue weighted by molar-refractivity contribution is 0.0531. The van der Waals surface area contributed by atoms with Crippen LogP contribution in [0.25, 0.3) is 0 Å². The van der Waals surface area contributed by atoms with E-state index in [-0.39, 0.29) is 32.4 Å². The van der Waals surface area contributed by atoms with Gasteiger partial charge in [-0.05, 0) is 26.0 Å². The van der Waals surface area contributed by atoms with Gasteiger partial charge in [-0.3, -0.25) is 10.1 Å². The first kappa shape index (κ1) is 18.0. The number of carbonyl (C=O) groups is 2. The van der Waals surface area contributed by atoms with Crippen molar-refractivity contribution in [2.45, 2.75) is 13.8 Å². The normalized spacial score (nSPS) is 10.5. The van der Waals surface area contributed by atoms with Crippen molar-refractivity contribution < 1.29 is 14.3 Å². The van der Waals surface area contributed by atoms with E-state index < -0.39 is 11.9 Å². The van der Waals surface area contributed by atoms with E-state index in [9.17, 15) is 9.59 Å². The van der Waals surface area contributed by atoms with Crippen LogP contribution in [0.4, 0.5) is 5.13 Å². The highest BCUT2D eigenvalue weighted by atomic mass is 35.5. The molecule has 1 aromatic heterocycles. The minimum atomic E-state index is -0.563. The molecule has 0 bridgehead atoms. The van der Waals surface area contributed by atoms with Crippen LogP contribution in [-0.4, -0.2) is 23.5 Å². The van der Waals surface area contributed by atoms with Crippen LogP contribution in [0.5, 0.6) is 0 Å². The van der Waals surface area contributed by atoms with E-state index in [2.05, 4.69) is 10.3 Å². The lowest BCUT2D eigenvalue weighted by Gasteiger charge is -2.07. The smallest absolute Gasteiger partial charge is 0.350 e. The second-order valence-corrected chi connectivity index (χ2v) is 6.52. The number of hydrogen-bond donors (Lipinski definition) is 1. The highest BCUT2D eigenvalue weighted by molar-refractivity contribution is 7.17. The largest absolute Gasteiger partial charge is 0.462 e. The maximum atomic E-state index is 12.3. The zero-order valence-corrected chi connectivity index (χ0v) is 15.2. The van der Waals surface area contributed by atoms with Crippen molar-refractivity contribution in [3.8, 4) is 0 Å². The molecular formula is C14H11Cl3N2O3S. The van der Waals surface area contributed by atoms with Gasteiger partial charge >= 0.3 is 5.97 Å². The minimum Gasteiger partial charge on any atom is -0.462 e. The van der Waals surface area contributed by atoms with Gasteiger partial charge in [-0.2, -0.15) is 0 Å². The van der Waals surface area contributed by atoms with Crippen LogP contribution in [0.15, 0.2) is 12.1 Å². The number of esters is 1. The second kappa shape index (κ2) is 7.49. The monoisotopic (exact) mass is 392 g/mol. The predicted octanol–water partition coefficient (Wildman–Crippen LogP) is 4.84. The molecule has 0 atom stereocenters. The molecule has 2 aromatic rings. The number of nitrogens with one attached hydrogen (secondary N) is 1. The summed E-state index contributed by atoms with van der Waals surface area (Å²) in [6, 6.07) is 2.97. The fourth-order valence-electron chi connectivity index (χ4n) is 1.73. The molecule has 0 aliphatic heterocycles. The number of anilines is 1. The molecule has 0 radical (unpaired) electrons. The third-order valence-electron chi connectivity index (χ3n) is 2.75. The molecule has 1 N–H and O–H groups in total. The average Bonchev–Trinajstić information content (AvgIpc) is 2.84. The van der Waals surface area contributed by atoms with Gasteiger partial charge in [0.05, 0.1) is 32.9 Å². The Labute approximate surface area is 151 Å². The maximum Gasteiger partial charge on any atom is 0.350 e. The summed E-state index contributed by atoms with van der Waals surface area (Å²) in [5.74, 6) is -1.05. The molecule has 5 nitrogen and oxygen atoms in total. The van der Waals surface area contributed by atoms with Crippen molar-refractivity contribution in [2.75, 3.05) is 11.9 Å². The van der Waals surface area contributed by atoms with Crippen LogP contribution in [-0.2, 0) is 4.74 Å². The number of amides is 1. The first-order valence-electron chi connectivity index (χ1n) is 6.44. The molecule has 1 amide bonds. The summed E-state index contributed by atoms with van der Waals surface area (Å²) in [7, 11) is 0. The highest BCUT2D eigenvalue weighted by Gasteiger charge is 2.21. The predicted molar refractivity (Wildman–Crippen MR) is 92.2 cm³/mol. The molecule has 1 aromatic carbocycles. The third kappa shape index (κ3) is 3.95. The molecule has 0 aliphatic carbocycles. The van der Waals surface area contributed by atoms with Gasteiger partial charge < -0.3 is 4.74 Å². The highest BCUT2D eigenvalue weighted by Crippen LogP contribution is 2.32. The van der Waals surface area contributed by atoms with Crippen molar-refractivity contribution in [1.29, 1.82) is 0 Å². The number of ether oxygens (including phenoxy) is 1. The van der Waals surface area contributed by atoms with Gasteiger partial charge in [0.1, 0.15) is 4.88 Å². The number of carbonyl (C=O) groups excluding carboxylic acids is 2. The minimum absolute atomic E-state index is 0.0476. The van der Waals surface area contributed by atoms with Crippen molar-refractivity contribution in [2.24, 2.45) is 0 Å². The fraction of sp³-hybridized carbons (Fsp3) is 0.214. The number of aryl methyl sites for hydroxylation is 1. The number of rotatable bonds is 4. The summed E-state index contributed by atoms with van der Waals surface area (Å²) in [5.41, 5.74) is 0.512. The second-order valence-electron chi connectivity index (χ2n) is 4.33. The van der Waals surface area contributed by atoms with Gasteiger partial charge in [-0.25, -0.2) is 9.78 Å². The topological polar surface area (TPSA) is 68.3 Å². The van der Waals surface area contributed by atoms with Crippen molar-refractivity contribution in [3.63, 3.8) is 0 Å². The molecule has 0 unspecified atom stereocenters. The summed E-state index contributed by atoms with van der Waals surface area (Å²) >= 11 is 18.9. The molecule has 0 saturated carbocycles. The number of benzene rings is 1. The lowest BCUT2D eigenvalue weighted by Crippen LogP contribution is -2.13. The van der Waals surface area contributed by atoms with Crippen LogP contribution in [0.2, 0.25) is 15.1 Å². The first-order chi connectivity index (χ1) is 10.8. The molecule has 0 aliphatic rings. The number of hydrogen-bond acceptors (Lipinski definition) is 5. The number of nitrogens with zero attached hydrogens (tertiary/aromatic N) is 1. The van der Waals surface area contributed by atoms with Gasteiger partial charge in [0.15, 0.2) is 5.13 Å². The van der Waals surface area contributed by atoms with Crippen LogP contribution in [0.3, 0.4) is 0 Å². The zero-order valence-electron chi connectivity index (χ0n) is 12.1. The van der Waals surface area contributed by atoms with E-state index in [1.807, 2.05) is 0 Å². The Balaban J connectivity index is 2.27. The maximum absolute atomic E-state index is 12.3. The molecule has 23 heavy (non-hydrogen) atoms. The van der Waals surface area contributed by atoms with E-state index in [4.69, 9.17) is 39.5 Å². The van der Waals surface area contributed by atoms with E-state index in [1.165, 1.54) is 12.1 Å². The first-order valence-corrected chi connectivity index (χ1v) is 8.39. The molecule has 2 rings (SSSR count). The van der Waals surface area contributed by atoms with Crippen LogP contribution in [0, 0.1) is 6.92 Å². The Morgan fingerprint density at radius 2 is 1.91 bits per heavy atom. The molecular weight excluding hydrogens is 383 g/mol. The molecule has 0 spiro atoms. The summed E-state index contributed by atoms with van der Waals surface area (Å²) in [6.45, 7) is 3.61. The number of thiazole rings is 1. The molecule has 9 heteroatoms. The number of halogens is 3. The van der Waals surface area contributed by atoms with Crippen molar-refractivity contribution in [3.05, 3.63) is 43.3 Å². The van der Waals surface area contributed by atoms with Gasteiger partial charge in [-0.1, -0.05) is 46.1 Å². The Morgan fingerprint density at radius 3 is 2.57 bits per heavy atom. The van der Waals surface area contributed by atoms with E-state index in [0.29, 0.717) is 10.6 Å². The van der Waals surface area contributed by atoms with Crippen molar-refractivity contribution in [1.82, 2.24) is 4.98 Å². The van der Waals surface area contributed by atoms with Gasteiger partial charge in [0, 0.05) is 0 Å². The summed E-state index contributed by atoms with van der Waals surface area (Å²) < 4.78 is 4.92. The van der Waals surface area contributed by atoms with Crippen molar-refractivity contribution >= 4 is 63.1 Å². The van der Waals surface area contributed by atoms with E-state index >= 15 is 0 Å². The van der Waals surface area contributed by atoms with Gasteiger partial charge in [0.25, 0.3) is 5.91 Å². The van der Waals surface area contributed by atoms with E-state index in [1.54, 1.807) is 13.8 Å². The third-order valence-corrected chi connectivity index (χ3v) is 4.92. The molecule has 0 saturated heterocycles. The van der Waals surface area contributed by atoms with Crippen LogP contribution in [0.1, 0.15) is 32.6 Å². The summed E-state index contributed by atoms with van der Waals surface area (Å²) in [5, 5.41) is 3.22. The standard InChI is InChI=1S/C14H11Cl3N2O3S/c1-3-22-13(21)11-6(2)18-14(23-11)19-12(20)9-7(15)4-5-8(16)10(9)17/h4-5H,3H2,1-2H3,(H,18,19,20). The lowest BCUT2D eigenvalue weighted by atomic mass is 10.2. The Hall–Kier alpha value is -1.34. The molecule has 0 fully saturated rings. The van der Waals surface area contributed by atoms with Crippen LogP contribution >= 0.6 is 46.1 Å². The molecule has 1 heterocycles. The van der Waals surface area contributed by atoms with Gasteiger partial charge in [-0.15, -0.1) is 0 Å². The van der Waals surface area contributed by atoms with Gasteiger partial charge in [0.2, 0.25) is 0 Å². The quantitative estimate of drug-likeness (QED) is 0.596. The summed E-state index contributed by atoms with van der Waals surface area (Å²) in [6.07, 6.45) is 0. The average molecular weight is 394 g/mol. The Kier molecular flexibility index (Phi) is 5.86. The Morgan fingerprint density at radius 1 is 1.26 bits per heavy atom.